The van der Waals surface area contributed by atoms with Gasteiger partial charge in [0, 0.05) is 22.6 Å². The van der Waals surface area contributed by atoms with Crippen LogP contribution in [0.15, 0.2) is 52.7 Å². The first-order valence-electron chi connectivity index (χ1n) is 8.61. The quantitative estimate of drug-likeness (QED) is 0.667. The molecule has 1 aromatic carbocycles. The van der Waals surface area contributed by atoms with Gasteiger partial charge in [0.2, 0.25) is 0 Å². The molecule has 0 saturated carbocycles. The number of amides is 1. The second-order valence-electron chi connectivity index (χ2n) is 6.16. The number of nitrogens with one attached hydrogen (secondary N) is 1. The van der Waals surface area contributed by atoms with Gasteiger partial charge in [-0.15, -0.1) is 10.2 Å². The number of rotatable bonds is 5. The molecule has 1 aromatic heterocycles. The van der Waals surface area contributed by atoms with Crippen LogP contribution in [-0.4, -0.2) is 26.9 Å². The van der Waals surface area contributed by atoms with E-state index >= 15 is 0 Å². The van der Waals surface area contributed by atoms with Crippen LogP contribution < -0.4 is 5.32 Å². The molecule has 1 atom stereocenters. The Kier molecular flexibility index (Phi) is 6.19. The number of carbonyl (C=O) groups excluding carboxylic acids is 1. The van der Waals surface area contributed by atoms with Crippen molar-refractivity contribution in [2.45, 2.75) is 26.7 Å². The van der Waals surface area contributed by atoms with E-state index < -0.39 is 9.24 Å². The van der Waals surface area contributed by atoms with Gasteiger partial charge < -0.3 is 0 Å². The number of pyridine rings is 1. The van der Waals surface area contributed by atoms with Gasteiger partial charge in [0.25, 0.3) is 5.91 Å². The Morgan fingerprint density at radius 1 is 1.19 bits per heavy atom. The van der Waals surface area contributed by atoms with Crippen LogP contribution in [0.2, 0.25) is 5.15 Å². The summed E-state index contributed by atoms with van der Waals surface area (Å²) < 4.78 is 0. The number of unbranched alkanes of at least 4 members (excludes halogenated alkanes) is 1. The van der Waals surface area contributed by atoms with Crippen molar-refractivity contribution in [2.75, 3.05) is 5.75 Å². The highest BCUT2D eigenvalue weighted by atomic mass is 35.7. The van der Waals surface area contributed by atoms with E-state index in [1.807, 2.05) is 31.2 Å². The van der Waals surface area contributed by atoms with Gasteiger partial charge in [-0.05, 0) is 37.6 Å². The normalized spacial score (nSPS) is 21.2. The average Bonchev–Trinajstić information content (AvgIpc) is 2.96. The molecule has 0 saturated heterocycles. The van der Waals surface area contributed by atoms with E-state index in [1.54, 1.807) is 18.2 Å². The van der Waals surface area contributed by atoms with Crippen molar-refractivity contribution >= 4 is 47.6 Å². The van der Waals surface area contributed by atoms with E-state index in [1.165, 1.54) is 0 Å². The van der Waals surface area contributed by atoms with Crippen molar-refractivity contribution in [2.24, 2.45) is 10.2 Å². The summed E-state index contributed by atoms with van der Waals surface area (Å²) >= 11 is 6.12. The first kappa shape index (κ1) is 19.9. The summed E-state index contributed by atoms with van der Waals surface area (Å²) in [6, 6.07) is 12.6. The minimum absolute atomic E-state index is 0.247. The van der Waals surface area contributed by atoms with Crippen LogP contribution >= 0.6 is 31.5 Å². The molecule has 1 aliphatic rings. The van der Waals surface area contributed by atoms with Gasteiger partial charge in [0.15, 0.2) is 5.17 Å². The third-order valence-corrected chi connectivity index (χ3v) is 8.16. The number of halogens is 2. The summed E-state index contributed by atoms with van der Waals surface area (Å²) in [6.07, 6.45) is 1.88. The first-order valence-corrected chi connectivity index (χ1v) is 11.6. The summed E-state index contributed by atoms with van der Waals surface area (Å²) in [5.41, 5.74) is 2.11. The maximum Gasteiger partial charge on any atom is 0.257 e. The summed E-state index contributed by atoms with van der Waals surface area (Å²) in [4.78, 5) is 16.8. The lowest BCUT2D eigenvalue weighted by Crippen LogP contribution is -2.34. The van der Waals surface area contributed by atoms with Crippen LogP contribution in [-0.2, 0) is 0 Å². The van der Waals surface area contributed by atoms with E-state index in [2.05, 4.69) is 27.4 Å². The van der Waals surface area contributed by atoms with Crippen molar-refractivity contribution < 1.29 is 4.79 Å². The lowest BCUT2D eigenvalue weighted by atomic mass is 10.2. The summed E-state index contributed by atoms with van der Waals surface area (Å²) in [5, 5.41) is 12.9. The molecular weight excluding hydrogens is 403 g/mol. The molecule has 2 aromatic rings. The molecule has 0 radical (unpaired) electrons. The molecule has 1 N–H and O–H groups in total. The van der Waals surface area contributed by atoms with Crippen molar-refractivity contribution in [3.63, 3.8) is 0 Å². The molecule has 0 aliphatic carbocycles. The minimum atomic E-state index is -2.08. The SMILES string of the molecule is CCCCS1(Cl)C(NC(=O)c2ccccc2)=NN=C1c1cc(C)nc(Cl)c1. The van der Waals surface area contributed by atoms with Crippen LogP contribution in [0.4, 0.5) is 0 Å². The van der Waals surface area contributed by atoms with Gasteiger partial charge in [-0.25, -0.2) is 4.98 Å². The molecule has 3 rings (SSSR count). The lowest BCUT2D eigenvalue weighted by Gasteiger charge is -2.30. The van der Waals surface area contributed by atoms with E-state index in [4.69, 9.17) is 22.3 Å². The highest BCUT2D eigenvalue weighted by molar-refractivity contribution is 8.70. The van der Waals surface area contributed by atoms with Crippen LogP contribution in [0.5, 0.6) is 0 Å². The summed E-state index contributed by atoms with van der Waals surface area (Å²) in [5.74, 6) is 0.431. The van der Waals surface area contributed by atoms with Gasteiger partial charge in [0.05, 0.1) is 0 Å². The maximum atomic E-state index is 12.6. The largest absolute Gasteiger partial charge is 0.300 e. The van der Waals surface area contributed by atoms with E-state index in [0.29, 0.717) is 26.7 Å². The highest BCUT2D eigenvalue weighted by Crippen LogP contribution is 2.60. The number of aryl methyl sites for hydroxylation is 1. The fraction of sp³-hybridized carbons (Fsp3) is 0.263. The Morgan fingerprint density at radius 2 is 1.93 bits per heavy atom. The Balaban J connectivity index is 1.90. The van der Waals surface area contributed by atoms with Crippen molar-refractivity contribution in [3.05, 3.63) is 64.4 Å². The second-order valence-corrected chi connectivity index (χ2v) is 10.6. The third kappa shape index (κ3) is 4.34. The number of hydrogen-bond acceptors (Lipinski definition) is 4. The molecule has 0 bridgehead atoms. The monoisotopic (exact) mass is 422 g/mol. The topological polar surface area (TPSA) is 66.7 Å². The molecule has 1 amide bonds. The zero-order chi connectivity index (χ0) is 19.4. The number of nitrogens with zero attached hydrogens (tertiary/aromatic N) is 3. The Bertz CT molecular complexity index is 897. The van der Waals surface area contributed by atoms with E-state index in [-0.39, 0.29) is 5.91 Å². The zero-order valence-electron chi connectivity index (χ0n) is 15.1. The minimum Gasteiger partial charge on any atom is -0.300 e. The van der Waals surface area contributed by atoms with Gasteiger partial charge in [-0.3, -0.25) is 10.1 Å². The van der Waals surface area contributed by atoms with E-state index in [9.17, 15) is 4.79 Å². The summed E-state index contributed by atoms with van der Waals surface area (Å²) in [7, 11) is 5.01. The number of hydrogen-bond donors (Lipinski definition) is 1. The lowest BCUT2D eigenvalue weighted by molar-refractivity contribution is 0.0978. The zero-order valence-corrected chi connectivity index (χ0v) is 17.4. The number of aromatic nitrogens is 1. The predicted octanol–water partition coefficient (Wildman–Crippen LogP) is 5.26. The van der Waals surface area contributed by atoms with Crippen LogP contribution in [0.1, 0.15) is 41.4 Å². The van der Waals surface area contributed by atoms with Crippen molar-refractivity contribution in [1.82, 2.24) is 10.3 Å². The average molecular weight is 423 g/mol. The van der Waals surface area contributed by atoms with Crippen LogP contribution in [0, 0.1) is 6.92 Å². The smallest absolute Gasteiger partial charge is 0.257 e. The fourth-order valence-electron chi connectivity index (χ4n) is 2.71. The number of carbonyl (C=O) groups is 1. The molecular formula is C19H20Cl2N4OS. The molecule has 142 valence electrons. The Labute approximate surface area is 169 Å². The van der Waals surface area contributed by atoms with Crippen molar-refractivity contribution in [3.8, 4) is 0 Å². The molecule has 5 nitrogen and oxygen atoms in total. The molecule has 8 heteroatoms. The first-order chi connectivity index (χ1) is 12.9. The van der Waals surface area contributed by atoms with Crippen LogP contribution in [0.25, 0.3) is 0 Å². The van der Waals surface area contributed by atoms with Crippen LogP contribution in [0.3, 0.4) is 0 Å². The molecule has 1 unspecified atom stereocenters. The number of amidine groups is 1. The molecule has 2 heterocycles. The Hall–Kier alpha value is -1.89. The fourth-order valence-corrected chi connectivity index (χ4v) is 6.20. The molecule has 0 spiro atoms. The summed E-state index contributed by atoms with van der Waals surface area (Å²) in [6.45, 7) is 3.96. The van der Waals surface area contributed by atoms with Crippen molar-refractivity contribution in [1.29, 1.82) is 0 Å². The van der Waals surface area contributed by atoms with Gasteiger partial charge in [-0.1, -0.05) is 63.1 Å². The Morgan fingerprint density at radius 3 is 2.59 bits per heavy atom. The molecule has 1 aliphatic heterocycles. The third-order valence-electron chi connectivity index (χ3n) is 4.05. The van der Waals surface area contributed by atoms with E-state index in [0.717, 1.165) is 24.1 Å². The molecule has 0 fully saturated rings. The molecule has 27 heavy (non-hydrogen) atoms. The standard InChI is InChI=1S/C19H20Cl2N4OS/c1-3-4-10-27(21)18(15-11-13(2)22-16(20)12-15)24-25-19(27)23-17(26)14-8-6-5-7-9-14/h5-9,11-12H,3-4,10H2,1-2H3,(H,23,25,26). The van der Waals surface area contributed by atoms with Gasteiger partial charge >= 0.3 is 0 Å². The van der Waals surface area contributed by atoms with Gasteiger partial charge in [-0.2, -0.15) is 0 Å². The number of benzene rings is 1. The second kappa shape index (κ2) is 8.42. The highest BCUT2D eigenvalue weighted by Gasteiger charge is 2.39. The predicted molar refractivity (Wildman–Crippen MR) is 115 cm³/mol. The van der Waals surface area contributed by atoms with Gasteiger partial charge in [0.1, 0.15) is 10.2 Å². The maximum absolute atomic E-state index is 12.6.